The molecule has 0 unspecified atom stereocenters. The molecule has 0 saturated carbocycles. The minimum atomic E-state index is -0.474. The zero-order valence-corrected chi connectivity index (χ0v) is 16.1. The number of ether oxygens (including phenoxy) is 1. The van der Waals surface area contributed by atoms with Crippen molar-refractivity contribution in [1.29, 1.82) is 0 Å². The fraction of sp³-hybridized carbons (Fsp3) is 0.381. The average Bonchev–Trinajstić information content (AvgIpc) is 2.71. The van der Waals surface area contributed by atoms with E-state index < -0.39 is 6.04 Å². The molecule has 1 aliphatic heterocycles. The molecule has 1 fully saturated rings. The molecule has 1 aromatic carbocycles. The summed E-state index contributed by atoms with van der Waals surface area (Å²) in [6, 6.07) is 11.2. The molecule has 7 heteroatoms. The number of benzene rings is 1. The third kappa shape index (κ3) is 5.53. The number of carbonyl (C=O) groups is 2. The van der Waals surface area contributed by atoms with Crippen LogP contribution in [-0.4, -0.2) is 54.5 Å². The van der Waals surface area contributed by atoms with Crippen LogP contribution in [0, 0.1) is 0 Å². The first-order valence-electron chi connectivity index (χ1n) is 9.46. The Morgan fingerprint density at radius 1 is 1.32 bits per heavy atom. The second-order valence-electron chi connectivity index (χ2n) is 6.79. The van der Waals surface area contributed by atoms with Crippen LogP contribution in [0.3, 0.4) is 0 Å². The fourth-order valence-corrected chi connectivity index (χ4v) is 3.32. The largest absolute Gasteiger partial charge is 0.497 e. The van der Waals surface area contributed by atoms with E-state index in [1.807, 2.05) is 41.3 Å². The zero-order valence-electron chi connectivity index (χ0n) is 16.1. The third-order valence-corrected chi connectivity index (χ3v) is 4.80. The van der Waals surface area contributed by atoms with Gasteiger partial charge in [0.05, 0.1) is 19.6 Å². The number of aromatic nitrogens is 1. The minimum Gasteiger partial charge on any atom is -0.497 e. The van der Waals surface area contributed by atoms with Gasteiger partial charge in [-0.3, -0.25) is 19.5 Å². The zero-order chi connectivity index (χ0) is 19.8. The maximum atomic E-state index is 12.4. The lowest BCUT2D eigenvalue weighted by Crippen LogP contribution is -2.56. The lowest BCUT2D eigenvalue weighted by Gasteiger charge is -2.34. The van der Waals surface area contributed by atoms with Gasteiger partial charge in [-0.25, -0.2) is 0 Å². The molecule has 7 nitrogen and oxygen atoms in total. The van der Waals surface area contributed by atoms with E-state index in [0.29, 0.717) is 32.6 Å². The van der Waals surface area contributed by atoms with E-state index in [1.165, 1.54) is 0 Å². The molecule has 0 bridgehead atoms. The van der Waals surface area contributed by atoms with E-state index in [0.717, 1.165) is 16.9 Å². The Kier molecular flexibility index (Phi) is 6.97. The molecule has 2 heterocycles. The molecular weight excluding hydrogens is 356 g/mol. The summed E-state index contributed by atoms with van der Waals surface area (Å²) in [5.74, 6) is 0.557. The van der Waals surface area contributed by atoms with Crippen LogP contribution in [0.1, 0.15) is 17.5 Å². The Labute approximate surface area is 165 Å². The monoisotopic (exact) mass is 382 g/mol. The van der Waals surface area contributed by atoms with Crippen molar-refractivity contribution in [2.45, 2.75) is 25.4 Å². The molecule has 0 radical (unpaired) electrons. The molecule has 0 spiro atoms. The van der Waals surface area contributed by atoms with Crippen molar-refractivity contribution in [3.05, 3.63) is 59.9 Å². The van der Waals surface area contributed by atoms with Gasteiger partial charge in [-0.2, -0.15) is 0 Å². The highest BCUT2D eigenvalue weighted by atomic mass is 16.5. The quantitative estimate of drug-likeness (QED) is 0.715. The van der Waals surface area contributed by atoms with Gasteiger partial charge in [-0.1, -0.05) is 18.2 Å². The Morgan fingerprint density at radius 2 is 2.18 bits per heavy atom. The van der Waals surface area contributed by atoms with Crippen LogP contribution in [0.2, 0.25) is 0 Å². The van der Waals surface area contributed by atoms with Crippen molar-refractivity contribution < 1.29 is 14.3 Å². The van der Waals surface area contributed by atoms with E-state index in [1.54, 1.807) is 19.5 Å². The summed E-state index contributed by atoms with van der Waals surface area (Å²) in [5, 5.41) is 5.77. The lowest BCUT2D eigenvalue weighted by atomic mass is 10.1. The van der Waals surface area contributed by atoms with Crippen molar-refractivity contribution in [1.82, 2.24) is 20.5 Å². The van der Waals surface area contributed by atoms with Gasteiger partial charge in [-0.05, 0) is 35.7 Å². The molecule has 1 aromatic heterocycles. The number of piperazine rings is 1. The van der Waals surface area contributed by atoms with Crippen molar-refractivity contribution in [3.8, 4) is 5.75 Å². The van der Waals surface area contributed by atoms with Gasteiger partial charge < -0.3 is 15.4 Å². The third-order valence-electron chi connectivity index (χ3n) is 4.80. The van der Waals surface area contributed by atoms with Gasteiger partial charge in [0.1, 0.15) is 5.75 Å². The van der Waals surface area contributed by atoms with Gasteiger partial charge in [-0.15, -0.1) is 0 Å². The predicted molar refractivity (Wildman–Crippen MR) is 106 cm³/mol. The molecule has 1 atom stereocenters. The molecule has 2 amide bonds. The van der Waals surface area contributed by atoms with Gasteiger partial charge in [0.2, 0.25) is 11.8 Å². The minimum absolute atomic E-state index is 0.100. The van der Waals surface area contributed by atoms with E-state index in [4.69, 9.17) is 4.74 Å². The van der Waals surface area contributed by atoms with E-state index in [9.17, 15) is 9.59 Å². The topological polar surface area (TPSA) is 83.6 Å². The van der Waals surface area contributed by atoms with Gasteiger partial charge in [0.25, 0.3) is 0 Å². The molecule has 3 rings (SSSR count). The van der Waals surface area contributed by atoms with E-state index >= 15 is 0 Å². The van der Waals surface area contributed by atoms with Crippen LogP contribution in [0.25, 0.3) is 0 Å². The molecule has 1 saturated heterocycles. The summed E-state index contributed by atoms with van der Waals surface area (Å²) >= 11 is 0. The molecule has 0 aliphatic carbocycles. The highest BCUT2D eigenvalue weighted by Crippen LogP contribution is 2.18. The number of pyridine rings is 1. The van der Waals surface area contributed by atoms with Crippen LogP contribution in [0.15, 0.2) is 48.8 Å². The molecule has 28 heavy (non-hydrogen) atoms. The summed E-state index contributed by atoms with van der Waals surface area (Å²) in [6.07, 6.45) is 4.37. The molecular formula is C21H26N4O3. The van der Waals surface area contributed by atoms with Crippen LogP contribution in [0.4, 0.5) is 0 Å². The first kappa shape index (κ1) is 19.8. The average molecular weight is 382 g/mol. The second-order valence-corrected chi connectivity index (χ2v) is 6.79. The van der Waals surface area contributed by atoms with Crippen molar-refractivity contribution in [2.75, 3.05) is 26.7 Å². The first-order valence-corrected chi connectivity index (χ1v) is 9.46. The number of hydrogen-bond donors (Lipinski definition) is 2. The van der Waals surface area contributed by atoms with Crippen molar-refractivity contribution in [2.24, 2.45) is 0 Å². The van der Waals surface area contributed by atoms with Crippen LogP contribution >= 0.6 is 0 Å². The predicted octanol–water partition coefficient (Wildman–Crippen LogP) is 1.14. The Morgan fingerprint density at radius 3 is 2.96 bits per heavy atom. The Balaban J connectivity index is 1.55. The van der Waals surface area contributed by atoms with Gasteiger partial charge in [0.15, 0.2) is 0 Å². The number of rotatable bonds is 8. The normalized spacial score (nSPS) is 17.0. The molecule has 1 aliphatic rings. The Hall–Kier alpha value is -2.93. The highest BCUT2D eigenvalue weighted by Gasteiger charge is 2.31. The van der Waals surface area contributed by atoms with Crippen LogP contribution in [0.5, 0.6) is 5.75 Å². The summed E-state index contributed by atoms with van der Waals surface area (Å²) in [6.45, 7) is 2.41. The fourth-order valence-electron chi connectivity index (χ4n) is 3.32. The maximum Gasteiger partial charge on any atom is 0.237 e. The number of hydrogen-bond acceptors (Lipinski definition) is 5. The van der Waals surface area contributed by atoms with Gasteiger partial charge in [0, 0.05) is 38.6 Å². The Bertz CT molecular complexity index is 797. The number of carbonyl (C=O) groups excluding carboxylic acids is 2. The van der Waals surface area contributed by atoms with Gasteiger partial charge >= 0.3 is 0 Å². The van der Waals surface area contributed by atoms with Crippen LogP contribution < -0.4 is 15.4 Å². The summed E-state index contributed by atoms with van der Waals surface area (Å²) in [5.41, 5.74) is 2.12. The number of nitrogens with zero attached hydrogens (tertiary/aromatic N) is 2. The van der Waals surface area contributed by atoms with Crippen molar-refractivity contribution in [3.63, 3.8) is 0 Å². The summed E-state index contributed by atoms with van der Waals surface area (Å²) in [7, 11) is 1.63. The number of nitrogens with one attached hydrogen (secondary N) is 2. The van der Waals surface area contributed by atoms with E-state index in [-0.39, 0.29) is 18.2 Å². The number of amides is 2. The molecule has 148 valence electrons. The second kappa shape index (κ2) is 9.85. The van der Waals surface area contributed by atoms with Crippen LogP contribution in [-0.2, 0) is 22.6 Å². The smallest absolute Gasteiger partial charge is 0.237 e. The maximum absolute atomic E-state index is 12.4. The summed E-state index contributed by atoms with van der Waals surface area (Å²) in [4.78, 5) is 30.9. The lowest BCUT2D eigenvalue weighted by molar-refractivity contribution is -0.134. The standard InChI is InChI=1S/C21H26N4O3/c1-28-18-6-2-4-17(12-18)15-25-11-10-24-21(27)19(25)13-20(26)23-9-7-16-5-3-8-22-14-16/h2-6,8,12,14,19H,7,9-11,13,15H2,1H3,(H,23,26)(H,24,27)/t19-/m1/s1. The van der Waals surface area contributed by atoms with Crippen molar-refractivity contribution >= 4 is 11.8 Å². The highest BCUT2D eigenvalue weighted by molar-refractivity contribution is 5.88. The molecule has 2 aromatic rings. The number of methoxy groups -OCH3 is 1. The first-order chi connectivity index (χ1) is 13.7. The SMILES string of the molecule is COc1cccc(CN2CCNC(=O)[C@H]2CC(=O)NCCc2cccnc2)c1. The molecule has 2 N–H and O–H groups in total. The van der Waals surface area contributed by atoms with E-state index in [2.05, 4.69) is 15.6 Å². The summed E-state index contributed by atoms with van der Waals surface area (Å²) < 4.78 is 5.27.